The van der Waals surface area contributed by atoms with Gasteiger partial charge in [-0.3, -0.25) is 14.7 Å². The van der Waals surface area contributed by atoms with Gasteiger partial charge >= 0.3 is 6.18 Å². The first kappa shape index (κ1) is 36.5. The molecule has 0 unspecified atom stereocenters. The Morgan fingerprint density at radius 1 is 0.940 bits per heavy atom. The minimum atomic E-state index is -4.72. The number of halogens is 4. The van der Waals surface area contributed by atoms with Crippen molar-refractivity contribution in [2.24, 2.45) is 0 Å². The number of aromatic nitrogens is 2. The first-order valence-electron chi connectivity index (χ1n) is 16.5. The molecule has 3 heterocycles. The average molecular weight is 696 g/mol. The monoisotopic (exact) mass is 695 g/mol. The number of nitrogens with one attached hydrogen (secondary N) is 1. The number of likely N-dealkylation sites (N-methyl/N-ethyl adjacent to an activating group) is 1. The summed E-state index contributed by atoms with van der Waals surface area (Å²) in [5.74, 6) is 0.0168. The van der Waals surface area contributed by atoms with Crippen LogP contribution < -0.4 is 19.5 Å². The predicted molar refractivity (Wildman–Crippen MR) is 182 cm³/mol. The van der Waals surface area contributed by atoms with E-state index in [0.29, 0.717) is 59.9 Å². The fourth-order valence-electron chi connectivity index (χ4n) is 5.75. The van der Waals surface area contributed by atoms with Gasteiger partial charge in [0.15, 0.2) is 0 Å². The molecule has 1 amide bonds. The number of methoxy groups -OCH3 is 1. The van der Waals surface area contributed by atoms with Crippen molar-refractivity contribution in [3.05, 3.63) is 94.6 Å². The number of ether oxygens (including phenoxy) is 3. The number of alkyl halides is 3. The van der Waals surface area contributed by atoms with Crippen molar-refractivity contribution in [3.8, 4) is 28.6 Å². The van der Waals surface area contributed by atoms with E-state index in [4.69, 9.17) is 14.2 Å². The van der Waals surface area contributed by atoms with Gasteiger partial charge in [0.2, 0.25) is 11.8 Å². The van der Waals surface area contributed by atoms with Gasteiger partial charge in [-0.15, -0.1) is 0 Å². The third-order valence-electron chi connectivity index (χ3n) is 8.59. The Kier molecular flexibility index (Phi) is 11.9. The lowest BCUT2D eigenvalue weighted by Gasteiger charge is -2.34. The van der Waals surface area contributed by atoms with E-state index >= 15 is 4.39 Å². The van der Waals surface area contributed by atoms with Crippen LogP contribution in [0.5, 0.6) is 17.4 Å². The summed E-state index contributed by atoms with van der Waals surface area (Å²) in [5, 5.41) is 2.34. The fourth-order valence-corrected chi connectivity index (χ4v) is 5.75. The molecule has 1 saturated heterocycles. The van der Waals surface area contributed by atoms with Crippen molar-refractivity contribution >= 4 is 11.6 Å². The number of hydrogen-bond donors (Lipinski definition) is 1. The van der Waals surface area contributed by atoms with Crippen LogP contribution in [0.2, 0.25) is 0 Å². The second kappa shape index (κ2) is 16.3. The fraction of sp³-hybridized carbons (Fsp3) is 0.378. The number of benzene rings is 2. The van der Waals surface area contributed by atoms with Gasteiger partial charge in [0, 0.05) is 50.7 Å². The molecule has 0 spiro atoms. The van der Waals surface area contributed by atoms with Crippen molar-refractivity contribution in [1.29, 1.82) is 0 Å². The van der Waals surface area contributed by atoms with Crippen LogP contribution >= 0.6 is 0 Å². The van der Waals surface area contributed by atoms with Crippen LogP contribution in [0.25, 0.3) is 11.3 Å². The lowest BCUT2D eigenvalue weighted by atomic mass is 10.0. The third-order valence-corrected chi connectivity index (χ3v) is 8.59. The second-order valence-electron chi connectivity index (χ2n) is 12.0. The highest BCUT2D eigenvalue weighted by Gasteiger charge is 2.35. The Morgan fingerprint density at radius 3 is 2.30 bits per heavy atom. The Morgan fingerprint density at radius 2 is 1.66 bits per heavy atom. The lowest BCUT2D eigenvalue weighted by Crippen LogP contribution is -2.45. The number of carbonyl (C=O) groups excluding carboxylic acids is 1. The Hall–Kier alpha value is -4.75. The minimum Gasteiger partial charge on any atom is -0.497 e. The molecule has 266 valence electrons. The van der Waals surface area contributed by atoms with Crippen molar-refractivity contribution < 1.29 is 36.6 Å². The smallest absolute Gasteiger partial charge is 0.416 e. The molecule has 2 aromatic carbocycles. The van der Waals surface area contributed by atoms with E-state index in [0.717, 1.165) is 37.0 Å². The van der Waals surface area contributed by atoms with E-state index in [1.165, 1.54) is 0 Å². The number of hydrogen-bond acceptors (Lipinski definition) is 8. The number of amides is 1. The summed E-state index contributed by atoms with van der Waals surface area (Å²) in [7, 11) is 1.60. The molecule has 1 aliphatic heterocycles. The Labute approximate surface area is 289 Å². The van der Waals surface area contributed by atoms with Gasteiger partial charge in [-0.2, -0.15) is 13.2 Å². The van der Waals surface area contributed by atoms with Crippen molar-refractivity contribution in [3.63, 3.8) is 0 Å². The van der Waals surface area contributed by atoms with Crippen LogP contribution in [0.4, 0.5) is 23.2 Å². The molecule has 1 aliphatic rings. The summed E-state index contributed by atoms with van der Waals surface area (Å²) in [6.07, 6.45) is -3.35. The molecule has 9 nitrogen and oxygen atoms in total. The van der Waals surface area contributed by atoms with Crippen LogP contribution in [0.3, 0.4) is 0 Å². The SMILES string of the molecule is CCOc1cc(OCc2ccc(OC)cc2)ncc1-c1ccc(CC(=O)Nc2cc(C(F)(F)F)c(CN3CCN(CC)CC3)cc2F)c(C)n1. The Balaban J connectivity index is 1.26. The summed E-state index contributed by atoms with van der Waals surface area (Å²) in [6.45, 7) is 9.76. The molecule has 0 radical (unpaired) electrons. The van der Waals surface area contributed by atoms with Crippen molar-refractivity contribution in [2.75, 3.05) is 51.8 Å². The van der Waals surface area contributed by atoms with Crippen LogP contribution in [0, 0.1) is 12.7 Å². The number of pyridine rings is 2. The largest absolute Gasteiger partial charge is 0.497 e. The Bertz CT molecular complexity index is 1780. The van der Waals surface area contributed by atoms with Crippen molar-refractivity contribution in [1.82, 2.24) is 19.8 Å². The average Bonchev–Trinajstić information content (AvgIpc) is 3.09. The van der Waals surface area contributed by atoms with Crippen LogP contribution in [0.15, 0.2) is 60.8 Å². The predicted octanol–water partition coefficient (Wildman–Crippen LogP) is 6.91. The van der Waals surface area contributed by atoms with E-state index in [1.54, 1.807) is 38.4 Å². The summed E-state index contributed by atoms with van der Waals surface area (Å²) in [5.41, 5.74) is 1.46. The standard InChI is InChI=1S/C37H41F4N5O4/c1-5-45-13-15-46(16-14-45)22-27-17-31(38)33(19-30(27)37(39,40)41)44-35(47)18-26-9-12-32(43-24(26)3)29-21-42-36(20-34(29)49-6-2)50-23-25-7-10-28(48-4)11-8-25/h7-12,17,19-21H,5-6,13-16,18,22-23H2,1-4H3,(H,44,47). The van der Waals surface area contributed by atoms with E-state index in [9.17, 15) is 18.0 Å². The molecule has 1 N–H and O–H groups in total. The van der Waals surface area contributed by atoms with Crippen LogP contribution in [-0.2, 0) is 30.5 Å². The van der Waals surface area contributed by atoms with E-state index in [-0.39, 0.29) is 25.1 Å². The van der Waals surface area contributed by atoms with Gasteiger partial charge in [-0.1, -0.05) is 25.1 Å². The van der Waals surface area contributed by atoms with Gasteiger partial charge in [-0.05, 0) is 67.4 Å². The quantitative estimate of drug-likeness (QED) is 0.151. The molecular weight excluding hydrogens is 654 g/mol. The van der Waals surface area contributed by atoms with Crippen LogP contribution in [0.1, 0.15) is 41.8 Å². The number of carbonyl (C=O) groups is 1. The van der Waals surface area contributed by atoms with Crippen molar-refractivity contribution in [2.45, 2.75) is 46.5 Å². The normalized spacial score (nSPS) is 14.0. The molecule has 0 atom stereocenters. The van der Waals surface area contributed by atoms with E-state index in [2.05, 4.69) is 20.2 Å². The second-order valence-corrected chi connectivity index (χ2v) is 12.0. The molecule has 0 aliphatic carbocycles. The molecule has 0 bridgehead atoms. The first-order chi connectivity index (χ1) is 24.0. The highest BCUT2D eigenvalue weighted by Crippen LogP contribution is 2.36. The molecule has 1 fully saturated rings. The third kappa shape index (κ3) is 9.27. The van der Waals surface area contributed by atoms with Gasteiger partial charge in [0.25, 0.3) is 0 Å². The maximum Gasteiger partial charge on any atom is 0.416 e. The summed E-state index contributed by atoms with van der Waals surface area (Å²) in [4.78, 5) is 26.1. The van der Waals surface area contributed by atoms with E-state index < -0.39 is 29.2 Å². The number of piperazine rings is 1. The molecule has 13 heteroatoms. The molecule has 4 aromatic rings. The lowest BCUT2D eigenvalue weighted by molar-refractivity contribution is -0.138. The molecule has 5 rings (SSSR count). The van der Waals surface area contributed by atoms with Gasteiger partial charge in [0.1, 0.15) is 23.9 Å². The molecule has 50 heavy (non-hydrogen) atoms. The summed E-state index contributed by atoms with van der Waals surface area (Å²) < 4.78 is 74.3. The maximum absolute atomic E-state index is 15.1. The number of nitrogens with zero attached hydrogens (tertiary/aromatic N) is 4. The van der Waals surface area contributed by atoms with E-state index in [1.807, 2.05) is 43.0 Å². The zero-order chi connectivity index (χ0) is 35.8. The maximum atomic E-state index is 15.1. The van der Waals surface area contributed by atoms with Gasteiger partial charge < -0.3 is 24.4 Å². The topological polar surface area (TPSA) is 89.0 Å². The highest BCUT2D eigenvalue weighted by molar-refractivity contribution is 5.92. The first-order valence-corrected chi connectivity index (χ1v) is 16.5. The molecular formula is C37H41F4N5O4. The zero-order valence-electron chi connectivity index (χ0n) is 28.6. The number of rotatable bonds is 13. The number of aryl methyl sites for hydroxylation is 1. The minimum absolute atomic E-state index is 0.0330. The summed E-state index contributed by atoms with van der Waals surface area (Å²) >= 11 is 0. The van der Waals surface area contributed by atoms with Gasteiger partial charge in [0.05, 0.1) is 42.6 Å². The van der Waals surface area contributed by atoms with Gasteiger partial charge in [-0.25, -0.2) is 9.37 Å². The molecule has 2 aromatic heterocycles. The highest BCUT2D eigenvalue weighted by atomic mass is 19.4. The number of anilines is 1. The molecule has 0 saturated carbocycles. The van der Waals surface area contributed by atoms with Crippen LogP contribution in [-0.4, -0.2) is 72.1 Å². The summed E-state index contributed by atoms with van der Waals surface area (Å²) in [6, 6.07) is 14.1. The zero-order valence-corrected chi connectivity index (χ0v) is 28.6.